The molecule has 0 bridgehead atoms. The van der Waals surface area contributed by atoms with Crippen LogP contribution in [0, 0.1) is 5.92 Å². The molecule has 182 valence electrons. The van der Waals surface area contributed by atoms with Gasteiger partial charge >= 0.3 is 0 Å². The highest BCUT2D eigenvalue weighted by molar-refractivity contribution is 5.95. The number of carbonyl (C=O) groups excluding carboxylic acids is 1. The summed E-state index contributed by atoms with van der Waals surface area (Å²) in [6.07, 6.45) is 1.62. The second-order valence-corrected chi connectivity index (χ2v) is 9.25. The molecular weight excluding hydrogens is 436 g/mol. The second kappa shape index (κ2) is 10.6. The van der Waals surface area contributed by atoms with E-state index in [4.69, 9.17) is 18.9 Å². The van der Waals surface area contributed by atoms with Gasteiger partial charge in [-0.05, 0) is 49.1 Å². The Hall–Kier alpha value is -2.81. The Morgan fingerprint density at radius 2 is 1.94 bits per heavy atom. The molecular formula is C26H32N2O6. The highest BCUT2D eigenvalue weighted by Crippen LogP contribution is 2.34. The summed E-state index contributed by atoms with van der Waals surface area (Å²) in [5.41, 5.74) is 0.603. The van der Waals surface area contributed by atoms with E-state index in [0.717, 1.165) is 31.7 Å². The van der Waals surface area contributed by atoms with Crippen LogP contribution in [0.1, 0.15) is 23.2 Å². The molecule has 2 aromatic carbocycles. The molecule has 0 unspecified atom stereocenters. The number of benzene rings is 2. The maximum atomic E-state index is 13.4. The van der Waals surface area contributed by atoms with Crippen molar-refractivity contribution in [2.75, 3.05) is 52.7 Å². The lowest BCUT2D eigenvalue weighted by atomic mass is 10.1. The van der Waals surface area contributed by atoms with Crippen LogP contribution in [0.4, 0.5) is 0 Å². The second-order valence-electron chi connectivity index (χ2n) is 9.25. The van der Waals surface area contributed by atoms with E-state index >= 15 is 0 Å². The van der Waals surface area contributed by atoms with Crippen molar-refractivity contribution in [2.45, 2.75) is 25.0 Å². The van der Waals surface area contributed by atoms with Gasteiger partial charge in [-0.15, -0.1) is 0 Å². The summed E-state index contributed by atoms with van der Waals surface area (Å²) < 4.78 is 22.5. The van der Waals surface area contributed by atoms with Gasteiger partial charge in [0.05, 0.1) is 12.7 Å². The molecule has 2 atom stereocenters. The Labute approximate surface area is 200 Å². The highest BCUT2D eigenvalue weighted by Gasteiger charge is 2.31. The van der Waals surface area contributed by atoms with Gasteiger partial charge in [0.25, 0.3) is 5.91 Å². The largest absolute Gasteiger partial charge is 0.491 e. The quantitative estimate of drug-likeness (QED) is 0.574. The smallest absolute Gasteiger partial charge is 0.254 e. The van der Waals surface area contributed by atoms with Gasteiger partial charge in [-0.3, -0.25) is 9.69 Å². The maximum absolute atomic E-state index is 13.4. The first-order valence-corrected chi connectivity index (χ1v) is 12.0. The van der Waals surface area contributed by atoms with Gasteiger partial charge < -0.3 is 29.0 Å². The monoisotopic (exact) mass is 468 g/mol. The molecule has 1 aliphatic carbocycles. The van der Waals surface area contributed by atoms with Gasteiger partial charge in [0.1, 0.15) is 18.5 Å². The van der Waals surface area contributed by atoms with Crippen LogP contribution in [0.2, 0.25) is 0 Å². The first-order chi connectivity index (χ1) is 16.6. The summed E-state index contributed by atoms with van der Waals surface area (Å²) in [7, 11) is 0. The standard InChI is InChI=1S/C26H32N2O6/c29-21(17-32-22-4-2-1-3-5-22)14-27-10-11-31-23(15-27)16-28(13-19-6-7-19)26(30)20-8-9-24-25(12-20)34-18-33-24/h1-5,8-9,12,19,21,23,29H,6-7,10-11,13-18H2/t21-,23-/m0/s1. The third kappa shape index (κ3) is 6.00. The van der Waals surface area contributed by atoms with Gasteiger partial charge in [0.2, 0.25) is 6.79 Å². The molecule has 34 heavy (non-hydrogen) atoms. The number of nitrogens with zero attached hydrogens (tertiary/aromatic N) is 2. The number of β-amino-alcohol motifs (C(OH)–C–C–N with tert-alkyl or cyclic N) is 1. The van der Waals surface area contributed by atoms with Crippen LogP contribution in [0.25, 0.3) is 0 Å². The normalized spacial score (nSPS) is 20.7. The minimum absolute atomic E-state index is 0.0118. The van der Waals surface area contributed by atoms with Gasteiger partial charge in [-0.1, -0.05) is 18.2 Å². The molecule has 8 heteroatoms. The van der Waals surface area contributed by atoms with Gasteiger partial charge in [0.15, 0.2) is 11.5 Å². The number of aliphatic hydroxyl groups is 1. The summed E-state index contributed by atoms with van der Waals surface area (Å²) in [5.74, 6) is 2.59. The van der Waals surface area contributed by atoms with E-state index in [1.165, 1.54) is 0 Å². The Kier molecular flexibility index (Phi) is 7.18. The van der Waals surface area contributed by atoms with Crippen LogP contribution in [0.15, 0.2) is 48.5 Å². The van der Waals surface area contributed by atoms with E-state index in [9.17, 15) is 9.90 Å². The summed E-state index contributed by atoms with van der Waals surface area (Å²) >= 11 is 0. The van der Waals surface area contributed by atoms with Gasteiger partial charge in [-0.2, -0.15) is 0 Å². The fraction of sp³-hybridized carbons (Fsp3) is 0.500. The SMILES string of the molecule is O=C(c1ccc2c(c1)OCO2)N(CC1CC1)C[C@@H]1CN(C[C@H](O)COc2ccccc2)CCO1. The Morgan fingerprint density at radius 1 is 1.12 bits per heavy atom. The van der Waals surface area contributed by atoms with E-state index < -0.39 is 6.10 Å². The average Bonchev–Trinajstić information content (AvgIpc) is 3.55. The number of hydrogen-bond donors (Lipinski definition) is 1. The van der Waals surface area contributed by atoms with Crippen molar-refractivity contribution in [2.24, 2.45) is 5.92 Å². The van der Waals surface area contributed by atoms with E-state index in [1.54, 1.807) is 18.2 Å². The van der Waals surface area contributed by atoms with E-state index in [-0.39, 0.29) is 25.4 Å². The first-order valence-electron chi connectivity index (χ1n) is 12.0. The molecule has 2 aliphatic heterocycles. The predicted molar refractivity (Wildman–Crippen MR) is 125 cm³/mol. The fourth-order valence-electron chi connectivity index (χ4n) is 4.43. The number of carbonyl (C=O) groups is 1. The first kappa shape index (κ1) is 23.0. The van der Waals surface area contributed by atoms with Crippen LogP contribution < -0.4 is 14.2 Å². The zero-order valence-electron chi connectivity index (χ0n) is 19.3. The molecule has 1 amide bonds. The molecule has 1 saturated heterocycles. The lowest BCUT2D eigenvalue weighted by Crippen LogP contribution is -2.51. The third-order valence-electron chi connectivity index (χ3n) is 6.38. The molecule has 2 heterocycles. The van der Waals surface area contributed by atoms with E-state index in [1.807, 2.05) is 35.2 Å². The molecule has 2 aromatic rings. The van der Waals surface area contributed by atoms with Crippen molar-refractivity contribution in [1.82, 2.24) is 9.80 Å². The predicted octanol–water partition coefficient (Wildman–Crippen LogP) is 2.41. The molecule has 0 radical (unpaired) electrons. The molecule has 0 spiro atoms. The molecule has 2 fully saturated rings. The third-order valence-corrected chi connectivity index (χ3v) is 6.38. The minimum Gasteiger partial charge on any atom is -0.491 e. The number of ether oxygens (including phenoxy) is 4. The number of rotatable bonds is 10. The van der Waals surface area contributed by atoms with Crippen molar-refractivity contribution in [3.8, 4) is 17.2 Å². The number of fused-ring (bicyclic) bond motifs is 1. The summed E-state index contributed by atoms with van der Waals surface area (Å²) in [6.45, 7) is 4.18. The van der Waals surface area contributed by atoms with Crippen LogP contribution >= 0.6 is 0 Å². The van der Waals surface area contributed by atoms with Crippen molar-refractivity contribution < 1.29 is 28.8 Å². The van der Waals surface area contributed by atoms with E-state index in [0.29, 0.717) is 49.2 Å². The Bertz CT molecular complexity index is 967. The van der Waals surface area contributed by atoms with Crippen LogP contribution in [-0.2, 0) is 4.74 Å². The number of amides is 1. The lowest BCUT2D eigenvalue weighted by Gasteiger charge is -2.36. The number of hydrogen-bond acceptors (Lipinski definition) is 7. The van der Waals surface area contributed by atoms with Gasteiger partial charge in [-0.25, -0.2) is 0 Å². The fourth-order valence-corrected chi connectivity index (χ4v) is 4.43. The lowest BCUT2D eigenvalue weighted by molar-refractivity contribution is -0.0538. The molecule has 1 saturated carbocycles. The number of aliphatic hydroxyl groups excluding tert-OH is 1. The maximum Gasteiger partial charge on any atom is 0.254 e. The van der Waals surface area contributed by atoms with Crippen LogP contribution in [-0.4, -0.2) is 85.8 Å². The molecule has 1 N–H and O–H groups in total. The van der Waals surface area contributed by atoms with Crippen LogP contribution in [0.5, 0.6) is 17.2 Å². The zero-order chi connectivity index (χ0) is 23.3. The zero-order valence-corrected chi connectivity index (χ0v) is 19.3. The van der Waals surface area contributed by atoms with Crippen molar-refractivity contribution in [1.29, 1.82) is 0 Å². The molecule has 0 aromatic heterocycles. The summed E-state index contributed by atoms with van der Waals surface area (Å²) in [5, 5.41) is 10.5. The summed E-state index contributed by atoms with van der Waals surface area (Å²) in [6, 6.07) is 14.9. The van der Waals surface area contributed by atoms with Gasteiger partial charge in [0, 0.05) is 38.3 Å². The minimum atomic E-state index is -0.600. The van der Waals surface area contributed by atoms with Crippen molar-refractivity contribution in [3.05, 3.63) is 54.1 Å². The Balaban J connectivity index is 1.16. The molecule has 5 rings (SSSR count). The van der Waals surface area contributed by atoms with Crippen LogP contribution in [0.3, 0.4) is 0 Å². The topological polar surface area (TPSA) is 80.7 Å². The number of para-hydroxylation sites is 1. The summed E-state index contributed by atoms with van der Waals surface area (Å²) in [4.78, 5) is 17.5. The molecule has 3 aliphatic rings. The highest BCUT2D eigenvalue weighted by atomic mass is 16.7. The Morgan fingerprint density at radius 3 is 2.76 bits per heavy atom. The van der Waals surface area contributed by atoms with Crippen molar-refractivity contribution in [3.63, 3.8) is 0 Å². The van der Waals surface area contributed by atoms with E-state index in [2.05, 4.69) is 4.90 Å². The number of morpholine rings is 1. The molecule has 8 nitrogen and oxygen atoms in total. The average molecular weight is 469 g/mol. The van der Waals surface area contributed by atoms with Crippen molar-refractivity contribution >= 4 is 5.91 Å².